The predicted octanol–water partition coefficient (Wildman–Crippen LogP) is 1.14. The molecule has 0 aliphatic carbocycles. The number of carboxylic acid groups (broad SMARTS) is 1. The summed E-state index contributed by atoms with van der Waals surface area (Å²) in [4.78, 5) is 19.5. The van der Waals surface area contributed by atoms with E-state index >= 15 is 0 Å². The molecule has 0 radical (unpaired) electrons. The molecule has 3 N–H and O–H groups in total. The Labute approximate surface area is 77.2 Å². The van der Waals surface area contributed by atoms with Gasteiger partial charge < -0.3 is 15.6 Å². The standard InChI is InChI=1S/C5H8O2.C3H7NO2/c1-3-4(2)5(6)7;1-2-6-3(4)5/h3H,1-2H3,(H,6,7);2H2,1H3,(H2,4,5)/b4-3+;. The lowest BCUT2D eigenvalue weighted by Gasteiger charge is -1.89. The van der Waals surface area contributed by atoms with Crippen LogP contribution in [0.2, 0.25) is 0 Å². The molecule has 13 heavy (non-hydrogen) atoms. The number of hydrogen-bond donors (Lipinski definition) is 2. The van der Waals surface area contributed by atoms with Gasteiger partial charge in [0.2, 0.25) is 0 Å². The molecule has 0 aromatic carbocycles. The third kappa shape index (κ3) is 13.5. The SMILES string of the molecule is C/C=C(\C)C(=O)O.CCOC(N)=O. The lowest BCUT2D eigenvalue weighted by molar-refractivity contribution is -0.132. The minimum Gasteiger partial charge on any atom is -0.478 e. The summed E-state index contributed by atoms with van der Waals surface area (Å²) in [6, 6.07) is 0. The van der Waals surface area contributed by atoms with Gasteiger partial charge in [0, 0.05) is 5.57 Å². The summed E-state index contributed by atoms with van der Waals surface area (Å²) in [5.41, 5.74) is 4.93. The Bertz CT molecular complexity index is 198. The minimum atomic E-state index is -0.845. The van der Waals surface area contributed by atoms with E-state index in [0.717, 1.165) is 0 Å². The molecule has 76 valence electrons. The van der Waals surface area contributed by atoms with Gasteiger partial charge >= 0.3 is 12.1 Å². The van der Waals surface area contributed by atoms with Gasteiger partial charge in [-0.1, -0.05) is 6.08 Å². The van der Waals surface area contributed by atoms with Crippen LogP contribution in [0.3, 0.4) is 0 Å². The van der Waals surface area contributed by atoms with Gasteiger partial charge in [0.05, 0.1) is 6.61 Å². The first-order valence-electron chi connectivity index (χ1n) is 3.74. The van der Waals surface area contributed by atoms with Gasteiger partial charge in [0.25, 0.3) is 0 Å². The minimum absolute atomic E-state index is 0.356. The number of carboxylic acids is 1. The third-order valence-electron chi connectivity index (χ3n) is 1.06. The van der Waals surface area contributed by atoms with Crippen molar-refractivity contribution in [1.82, 2.24) is 0 Å². The molecule has 0 heterocycles. The van der Waals surface area contributed by atoms with Crippen LogP contribution >= 0.6 is 0 Å². The molecular weight excluding hydrogens is 174 g/mol. The summed E-state index contributed by atoms with van der Waals surface area (Å²) in [5, 5.41) is 8.11. The van der Waals surface area contributed by atoms with Gasteiger partial charge in [-0.25, -0.2) is 9.59 Å². The molecule has 0 aromatic rings. The fourth-order valence-electron chi connectivity index (χ4n) is 0.266. The van der Waals surface area contributed by atoms with Crippen LogP contribution in [0, 0.1) is 0 Å². The quantitative estimate of drug-likeness (QED) is 0.637. The number of ether oxygens (including phenoxy) is 1. The third-order valence-corrected chi connectivity index (χ3v) is 1.06. The summed E-state index contributed by atoms with van der Waals surface area (Å²) < 4.78 is 4.18. The number of hydrogen-bond acceptors (Lipinski definition) is 3. The lowest BCUT2D eigenvalue weighted by atomic mass is 10.3. The Morgan fingerprint density at radius 3 is 2.00 bits per heavy atom. The first-order chi connectivity index (χ1) is 5.95. The van der Waals surface area contributed by atoms with Crippen LogP contribution in [0.25, 0.3) is 0 Å². The molecule has 0 saturated heterocycles. The number of rotatable bonds is 2. The van der Waals surface area contributed by atoms with Crippen LogP contribution in [-0.2, 0) is 9.53 Å². The number of nitrogens with two attached hydrogens (primary N) is 1. The number of aliphatic carboxylic acids is 1. The first-order valence-corrected chi connectivity index (χ1v) is 3.74. The Hall–Kier alpha value is -1.52. The van der Waals surface area contributed by atoms with Crippen LogP contribution in [0.5, 0.6) is 0 Å². The first kappa shape index (κ1) is 14.0. The molecule has 0 unspecified atom stereocenters. The summed E-state index contributed by atoms with van der Waals surface area (Å²) in [6.07, 6.45) is 0.847. The summed E-state index contributed by atoms with van der Waals surface area (Å²) in [7, 11) is 0. The number of primary amides is 1. The largest absolute Gasteiger partial charge is 0.478 e. The monoisotopic (exact) mass is 189 g/mol. The second kappa shape index (κ2) is 8.58. The van der Waals surface area contributed by atoms with Crippen LogP contribution in [-0.4, -0.2) is 23.8 Å². The molecule has 0 rings (SSSR count). The zero-order valence-electron chi connectivity index (χ0n) is 8.03. The molecule has 5 nitrogen and oxygen atoms in total. The van der Waals surface area contributed by atoms with Gasteiger partial charge in [-0.2, -0.15) is 0 Å². The number of allylic oxidation sites excluding steroid dienone is 1. The maximum Gasteiger partial charge on any atom is 0.404 e. The van der Waals surface area contributed by atoms with E-state index in [1.54, 1.807) is 26.8 Å². The van der Waals surface area contributed by atoms with Crippen molar-refractivity contribution >= 4 is 12.1 Å². The van der Waals surface area contributed by atoms with Crippen molar-refractivity contribution in [2.24, 2.45) is 5.73 Å². The zero-order chi connectivity index (χ0) is 10.9. The maximum absolute atomic E-state index is 9.86. The van der Waals surface area contributed by atoms with E-state index < -0.39 is 12.1 Å². The number of carbonyl (C=O) groups excluding carboxylic acids is 1. The van der Waals surface area contributed by atoms with Crippen LogP contribution in [0.4, 0.5) is 4.79 Å². The van der Waals surface area contributed by atoms with Gasteiger partial charge in [0.1, 0.15) is 0 Å². The van der Waals surface area contributed by atoms with E-state index in [0.29, 0.717) is 12.2 Å². The summed E-state index contributed by atoms with van der Waals surface area (Å²) in [6.45, 7) is 5.31. The molecule has 0 spiro atoms. The maximum atomic E-state index is 9.86. The smallest absolute Gasteiger partial charge is 0.404 e. The predicted molar refractivity (Wildman–Crippen MR) is 48.3 cm³/mol. The van der Waals surface area contributed by atoms with Crippen molar-refractivity contribution in [2.75, 3.05) is 6.61 Å². The Kier molecular flexibility index (Phi) is 9.25. The molecule has 5 heteroatoms. The molecule has 0 fully saturated rings. The van der Waals surface area contributed by atoms with E-state index in [2.05, 4.69) is 10.5 Å². The van der Waals surface area contributed by atoms with E-state index in [-0.39, 0.29) is 0 Å². The highest BCUT2D eigenvalue weighted by molar-refractivity contribution is 5.85. The van der Waals surface area contributed by atoms with Gasteiger partial charge in [-0.15, -0.1) is 0 Å². The normalized spacial score (nSPS) is 9.62. The van der Waals surface area contributed by atoms with Crippen LogP contribution in [0.1, 0.15) is 20.8 Å². The molecule has 1 amide bonds. The molecule has 0 aliphatic heterocycles. The average molecular weight is 189 g/mol. The van der Waals surface area contributed by atoms with Crippen molar-refractivity contribution in [3.8, 4) is 0 Å². The van der Waals surface area contributed by atoms with E-state index in [9.17, 15) is 9.59 Å². The summed E-state index contributed by atoms with van der Waals surface area (Å²) in [5.74, 6) is -0.845. The van der Waals surface area contributed by atoms with Crippen molar-refractivity contribution in [2.45, 2.75) is 20.8 Å². The Balaban J connectivity index is 0. The fraction of sp³-hybridized carbons (Fsp3) is 0.500. The Morgan fingerprint density at radius 2 is 2.00 bits per heavy atom. The fourth-order valence-corrected chi connectivity index (χ4v) is 0.266. The topological polar surface area (TPSA) is 89.6 Å². The van der Waals surface area contributed by atoms with Crippen molar-refractivity contribution in [1.29, 1.82) is 0 Å². The van der Waals surface area contributed by atoms with Crippen molar-refractivity contribution in [3.63, 3.8) is 0 Å². The number of carbonyl (C=O) groups is 2. The molecule has 0 aromatic heterocycles. The lowest BCUT2D eigenvalue weighted by Crippen LogP contribution is -2.11. The molecule has 0 bridgehead atoms. The average Bonchev–Trinajstić information content (AvgIpc) is 2.03. The van der Waals surface area contributed by atoms with Gasteiger partial charge in [-0.05, 0) is 20.8 Å². The van der Waals surface area contributed by atoms with Gasteiger partial charge in [-0.3, -0.25) is 0 Å². The highest BCUT2D eigenvalue weighted by atomic mass is 16.5. The highest BCUT2D eigenvalue weighted by Crippen LogP contribution is 1.87. The van der Waals surface area contributed by atoms with Crippen molar-refractivity contribution in [3.05, 3.63) is 11.6 Å². The summed E-state index contributed by atoms with van der Waals surface area (Å²) >= 11 is 0. The zero-order valence-corrected chi connectivity index (χ0v) is 8.03. The van der Waals surface area contributed by atoms with E-state index in [1.807, 2.05) is 0 Å². The van der Waals surface area contributed by atoms with E-state index in [1.165, 1.54) is 0 Å². The Morgan fingerprint density at radius 1 is 1.54 bits per heavy atom. The molecular formula is C8H15NO4. The van der Waals surface area contributed by atoms with Crippen molar-refractivity contribution < 1.29 is 19.4 Å². The number of amides is 1. The molecule has 0 saturated carbocycles. The molecule has 0 atom stereocenters. The highest BCUT2D eigenvalue weighted by Gasteiger charge is 1.93. The second-order valence-electron chi connectivity index (χ2n) is 2.03. The van der Waals surface area contributed by atoms with Gasteiger partial charge in [0.15, 0.2) is 0 Å². The second-order valence-corrected chi connectivity index (χ2v) is 2.03. The van der Waals surface area contributed by atoms with E-state index in [4.69, 9.17) is 5.11 Å². The van der Waals surface area contributed by atoms with Crippen LogP contribution in [0.15, 0.2) is 11.6 Å². The molecule has 0 aliphatic rings. The van der Waals surface area contributed by atoms with Crippen LogP contribution < -0.4 is 5.73 Å².